The summed E-state index contributed by atoms with van der Waals surface area (Å²) in [5.41, 5.74) is 3.41. The van der Waals surface area contributed by atoms with Crippen LogP contribution in [-0.4, -0.2) is 56.3 Å². The highest BCUT2D eigenvalue weighted by Crippen LogP contribution is 2.30. The van der Waals surface area contributed by atoms with Gasteiger partial charge in [0, 0.05) is 19.3 Å². The molecule has 1 amide bonds. The Morgan fingerprint density at radius 1 is 0.923 bits per heavy atom. The number of fused-ring (bicyclic) bond motifs is 1. The molecule has 0 bridgehead atoms. The zero-order chi connectivity index (χ0) is 27.8. The summed E-state index contributed by atoms with van der Waals surface area (Å²) in [4.78, 5) is 20.1. The van der Waals surface area contributed by atoms with Crippen LogP contribution < -0.4 is 29.2 Å². The summed E-state index contributed by atoms with van der Waals surface area (Å²) in [5.74, 6) is 3.67. The van der Waals surface area contributed by atoms with Crippen LogP contribution in [0.5, 0.6) is 23.0 Å². The lowest BCUT2D eigenvalue weighted by atomic mass is 10.1. The van der Waals surface area contributed by atoms with E-state index in [1.165, 1.54) is 0 Å². The van der Waals surface area contributed by atoms with Gasteiger partial charge in [-0.05, 0) is 67.4 Å². The second-order valence-electron chi connectivity index (χ2n) is 8.87. The van der Waals surface area contributed by atoms with Gasteiger partial charge in [0.25, 0.3) is 5.91 Å². The summed E-state index contributed by atoms with van der Waals surface area (Å²) in [6.07, 6.45) is 2.62. The fraction of sp³-hybridized carbons (Fsp3) is 0.333. The van der Waals surface area contributed by atoms with Gasteiger partial charge in [-0.3, -0.25) is 9.20 Å². The number of hydrogen-bond acceptors (Lipinski definition) is 7. The molecule has 9 heteroatoms. The molecule has 2 heterocycles. The predicted octanol–water partition coefficient (Wildman–Crippen LogP) is 4.76. The van der Waals surface area contributed by atoms with Crippen LogP contribution in [0.1, 0.15) is 35.5 Å². The van der Waals surface area contributed by atoms with E-state index >= 15 is 0 Å². The van der Waals surface area contributed by atoms with Crippen molar-refractivity contribution in [2.75, 3.05) is 45.9 Å². The number of imidazole rings is 1. The molecule has 0 saturated carbocycles. The van der Waals surface area contributed by atoms with Gasteiger partial charge in [0.15, 0.2) is 11.5 Å². The predicted molar refractivity (Wildman–Crippen MR) is 152 cm³/mol. The number of hydrogen-bond donors (Lipinski definition) is 1. The van der Waals surface area contributed by atoms with Crippen LogP contribution in [0.2, 0.25) is 0 Å². The number of carbonyl (C=O) groups is 1. The minimum atomic E-state index is -0.170. The molecule has 0 unspecified atom stereocenters. The molecule has 206 valence electrons. The van der Waals surface area contributed by atoms with Gasteiger partial charge in [0.1, 0.15) is 29.6 Å². The zero-order valence-corrected chi connectivity index (χ0v) is 23.2. The SMILES string of the molecule is CCc1nc2ccc(C(=O)NCCOc3ccc(OC)cc3)cn2c1N(CC)Cc1ccc(OC)c(OC)c1. The smallest absolute Gasteiger partial charge is 0.252 e. The van der Waals surface area contributed by atoms with Crippen molar-refractivity contribution >= 4 is 17.4 Å². The van der Waals surface area contributed by atoms with Gasteiger partial charge in [-0.25, -0.2) is 4.98 Å². The first-order valence-corrected chi connectivity index (χ1v) is 13.0. The van der Waals surface area contributed by atoms with Crippen molar-refractivity contribution in [3.8, 4) is 23.0 Å². The number of pyridine rings is 1. The number of aryl methyl sites for hydroxylation is 1. The molecule has 0 fully saturated rings. The standard InChI is InChI=1S/C30H36N4O5/c1-6-25-30(33(7-2)19-21-8-14-26(37-4)27(18-21)38-5)34-20-22(9-15-28(34)32-25)29(35)31-16-17-39-24-12-10-23(36-3)11-13-24/h8-15,18,20H,6-7,16-17,19H2,1-5H3,(H,31,35). The summed E-state index contributed by atoms with van der Waals surface area (Å²) in [6, 6.07) is 17.0. The second-order valence-corrected chi connectivity index (χ2v) is 8.87. The van der Waals surface area contributed by atoms with Gasteiger partial charge in [0.2, 0.25) is 0 Å². The average molecular weight is 533 g/mol. The first kappa shape index (κ1) is 27.6. The van der Waals surface area contributed by atoms with Crippen LogP contribution in [0.4, 0.5) is 5.82 Å². The van der Waals surface area contributed by atoms with E-state index in [0.717, 1.165) is 47.2 Å². The van der Waals surface area contributed by atoms with E-state index in [-0.39, 0.29) is 5.91 Å². The van der Waals surface area contributed by atoms with E-state index < -0.39 is 0 Å². The normalized spacial score (nSPS) is 10.8. The van der Waals surface area contributed by atoms with Crippen molar-refractivity contribution in [2.45, 2.75) is 26.8 Å². The summed E-state index contributed by atoms with van der Waals surface area (Å²) >= 11 is 0. The molecule has 4 rings (SSSR count). The quantitative estimate of drug-likeness (QED) is 0.249. The number of benzene rings is 2. The van der Waals surface area contributed by atoms with E-state index in [0.29, 0.717) is 36.8 Å². The van der Waals surface area contributed by atoms with Crippen molar-refractivity contribution in [3.63, 3.8) is 0 Å². The van der Waals surface area contributed by atoms with Crippen molar-refractivity contribution in [1.82, 2.24) is 14.7 Å². The van der Waals surface area contributed by atoms with Crippen LogP contribution in [0, 0.1) is 0 Å². The molecule has 0 aliphatic rings. The molecule has 2 aromatic heterocycles. The van der Waals surface area contributed by atoms with E-state index in [2.05, 4.69) is 24.1 Å². The summed E-state index contributed by atoms with van der Waals surface area (Å²) < 4.78 is 23.8. The second kappa shape index (κ2) is 12.9. The molecule has 0 atom stereocenters. The minimum Gasteiger partial charge on any atom is -0.497 e. The molecular weight excluding hydrogens is 496 g/mol. The van der Waals surface area contributed by atoms with E-state index in [1.807, 2.05) is 59.1 Å². The molecule has 0 spiro atoms. The van der Waals surface area contributed by atoms with Crippen LogP contribution in [0.25, 0.3) is 5.65 Å². The minimum absolute atomic E-state index is 0.170. The van der Waals surface area contributed by atoms with Gasteiger partial charge < -0.3 is 29.2 Å². The number of rotatable bonds is 13. The summed E-state index contributed by atoms with van der Waals surface area (Å²) in [7, 11) is 4.89. The van der Waals surface area contributed by atoms with Crippen LogP contribution >= 0.6 is 0 Å². The first-order chi connectivity index (χ1) is 19.0. The van der Waals surface area contributed by atoms with Crippen LogP contribution in [0.15, 0.2) is 60.8 Å². The highest BCUT2D eigenvalue weighted by atomic mass is 16.5. The molecular formula is C30H36N4O5. The number of carbonyl (C=O) groups excluding carboxylic acids is 1. The number of nitrogens with zero attached hydrogens (tertiary/aromatic N) is 3. The third-order valence-electron chi connectivity index (χ3n) is 6.48. The van der Waals surface area contributed by atoms with Crippen molar-refractivity contribution in [2.24, 2.45) is 0 Å². The zero-order valence-electron chi connectivity index (χ0n) is 23.2. The lowest BCUT2D eigenvalue weighted by Gasteiger charge is -2.24. The Morgan fingerprint density at radius 3 is 2.33 bits per heavy atom. The lowest BCUT2D eigenvalue weighted by molar-refractivity contribution is 0.0946. The van der Waals surface area contributed by atoms with Crippen molar-refractivity contribution in [1.29, 1.82) is 0 Å². The van der Waals surface area contributed by atoms with Crippen LogP contribution in [0.3, 0.4) is 0 Å². The van der Waals surface area contributed by atoms with E-state index in [9.17, 15) is 4.79 Å². The van der Waals surface area contributed by atoms with Gasteiger partial charge in [0.05, 0.1) is 39.1 Å². The third-order valence-corrected chi connectivity index (χ3v) is 6.48. The summed E-state index contributed by atoms with van der Waals surface area (Å²) in [5, 5.41) is 2.94. The van der Waals surface area contributed by atoms with Gasteiger partial charge in [-0.1, -0.05) is 13.0 Å². The largest absolute Gasteiger partial charge is 0.497 e. The Morgan fingerprint density at radius 2 is 1.67 bits per heavy atom. The Balaban J connectivity index is 1.50. The average Bonchev–Trinajstić information content (AvgIpc) is 3.35. The van der Waals surface area contributed by atoms with E-state index in [1.54, 1.807) is 27.4 Å². The maximum atomic E-state index is 13.0. The Bertz CT molecular complexity index is 1400. The van der Waals surface area contributed by atoms with Crippen molar-refractivity contribution in [3.05, 3.63) is 77.6 Å². The number of anilines is 1. The summed E-state index contributed by atoms with van der Waals surface area (Å²) in [6.45, 7) is 6.34. The maximum absolute atomic E-state index is 13.0. The molecule has 0 aliphatic heterocycles. The molecule has 4 aromatic rings. The Hall–Kier alpha value is -4.40. The molecule has 2 aromatic carbocycles. The van der Waals surface area contributed by atoms with Gasteiger partial charge in [-0.2, -0.15) is 0 Å². The highest BCUT2D eigenvalue weighted by Gasteiger charge is 2.19. The van der Waals surface area contributed by atoms with Crippen molar-refractivity contribution < 1.29 is 23.7 Å². The number of ether oxygens (including phenoxy) is 4. The maximum Gasteiger partial charge on any atom is 0.252 e. The topological polar surface area (TPSA) is 86.6 Å². The molecule has 0 radical (unpaired) electrons. The molecule has 0 saturated heterocycles. The first-order valence-electron chi connectivity index (χ1n) is 13.0. The number of amides is 1. The lowest BCUT2D eigenvalue weighted by Crippen LogP contribution is -2.28. The van der Waals surface area contributed by atoms with Gasteiger partial charge >= 0.3 is 0 Å². The molecule has 0 aliphatic carbocycles. The van der Waals surface area contributed by atoms with E-state index in [4.69, 9.17) is 23.9 Å². The number of nitrogens with one attached hydrogen (secondary N) is 1. The Kier molecular flexibility index (Phi) is 9.14. The fourth-order valence-corrected chi connectivity index (χ4v) is 4.43. The third kappa shape index (κ3) is 6.37. The fourth-order valence-electron chi connectivity index (χ4n) is 4.43. The van der Waals surface area contributed by atoms with Crippen LogP contribution in [-0.2, 0) is 13.0 Å². The monoisotopic (exact) mass is 532 g/mol. The van der Waals surface area contributed by atoms with Gasteiger partial charge in [-0.15, -0.1) is 0 Å². The number of aromatic nitrogens is 2. The molecule has 39 heavy (non-hydrogen) atoms. The number of methoxy groups -OCH3 is 3. The highest BCUT2D eigenvalue weighted by molar-refractivity contribution is 5.94. The Labute approximate surface area is 229 Å². The molecule has 9 nitrogen and oxygen atoms in total. The molecule has 1 N–H and O–H groups in total.